The van der Waals surface area contributed by atoms with Crippen LogP contribution >= 0.6 is 11.3 Å². The number of piperidine rings is 1. The van der Waals surface area contributed by atoms with Gasteiger partial charge in [-0.2, -0.15) is 0 Å². The van der Waals surface area contributed by atoms with Crippen molar-refractivity contribution in [2.75, 3.05) is 13.6 Å². The number of hydrogen-bond acceptors (Lipinski definition) is 3. The van der Waals surface area contributed by atoms with Crippen molar-refractivity contribution >= 4 is 23.2 Å². The molecule has 0 bridgehead atoms. The maximum atomic E-state index is 13.3. The summed E-state index contributed by atoms with van der Waals surface area (Å²) in [5, 5.41) is 2.00. The van der Waals surface area contributed by atoms with Crippen molar-refractivity contribution in [1.82, 2.24) is 9.80 Å². The Morgan fingerprint density at radius 2 is 1.68 bits per heavy atom. The third-order valence-electron chi connectivity index (χ3n) is 5.98. The average Bonchev–Trinajstić information content (AvgIpc) is 3.32. The molecule has 0 N–H and O–H groups in total. The molecular formula is C26H28N2O2S. The van der Waals surface area contributed by atoms with Crippen LogP contribution in [0.4, 0.5) is 0 Å². The molecule has 0 spiro atoms. The minimum absolute atomic E-state index is 0.0251. The first-order chi connectivity index (χ1) is 15.1. The van der Waals surface area contributed by atoms with Crippen molar-refractivity contribution in [3.8, 4) is 0 Å². The molecule has 4 nitrogen and oxygen atoms in total. The van der Waals surface area contributed by atoms with Gasteiger partial charge in [0.05, 0.1) is 18.4 Å². The molecular weight excluding hydrogens is 404 g/mol. The second-order valence-corrected chi connectivity index (χ2v) is 9.22. The fourth-order valence-corrected chi connectivity index (χ4v) is 5.08. The van der Waals surface area contributed by atoms with E-state index in [4.69, 9.17) is 0 Å². The molecule has 2 heterocycles. The summed E-state index contributed by atoms with van der Waals surface area (Å²) < 4.78 is 0. The Bertz CT molecular complexity index is 989. The Morgan fingerprint density at radius 3 is 2.35 bits per heavy atom. The van der Waals surface area contributed by atoms with Gasteiger partial charge in [0, 0.05) is 25.0 Å². The second-order valence-electron chi connectivity index (χ2n) is 8.18. The number of carbonyl (C=O) groups is 2. The number of likely N-dealkylation sites (tertiary alicyclic amines) is 1. The molecule has 0 aliphatic carbocycles. The Balaban J connectivity index is 1.50. The van der Waals surface area contributed by atoms with Crippen LogP contribution in [0.5, 0.6) is 0 Å². The number of hydrogen-bond donors (Lipinski definition) is 0. The van der Waals surface area contributed by atoms with Gasteiger partial charge in [0.1, 0.15) is 0 Å². The predicted molar refractivity (Wildman–Crippen MR) is 125 cm³/mol. The summed E-state index contributed by atoms with van der Waals surface area (Å²) in [4.78, 5) is 31.3. The van der Waals surface area contributed by atoms with Gasteiger partial charge in [0.2, 0.25) is 11.8 Å². The number of amides is 2. The number of benzene rings is 2. The number of carbonyl (C=O) groups excluding carboxylic acids is 2. The molecule has 1 fully saturated rings. The predicted octanol–water partition coefficient (Wildman–Crippen LogP) is 4.93. The zero-order chi connectivity index (χ0) is 21.6. The van der Waals surface area contributed by atoms with Gasteiger partial charge in [-0.05, 0) is 35.4 Å². The van der Waals surface area contributed by atoms with Gasteiger partial charge in [-0.15, -0.1) is 11.3 Å². The molecule has 1 aliphatic rings. The lowest BCUT2D eigenvalue weighted by Gasteiger charge is -2.40. The highest BCUT2D eigenvalue weighted by Crippen LogP contribution is 2.35. The van der Waals surface area contributed by atoms with Crippen molar-refractivity contribution < 1.29 is 9.59 Å². The largest absolute Gasteiger partial charge is 0.341 e. The van der Waals surface area contributed by atoms with Gasteiger partial charge in [0.15, 0.2) is 0 Å². The molecule has 160 valence electrons. The fraction of sp³-hybridized carbons (Fsp3) is 0.308. The standard InChI is InChI=1S/C26H28N2O2S/c1-27(18-20-9-4-2-5-10-20)26(30)22-14-15-24(21-11-6-3-7-12-21)28(19-22)25(29)17-23-13-8-16-31-23/h2-13,16,22,24H,14-15,17-19H2,1H3/t22-,24+/m1/s1. The molecule has 2 amide bonds. The molecule has 0 saturated carbocycles. The Morgan fingerprint density at radius 1 is 0.968 bits per heavy atom. The van der Waals surface area contributed by atoms with E-state index in [1.54, 1.807) is 16.2 Å². The van der Waals surface area contributed by atoms with Crippen LogP contribution in [0.3, 0.4) is 0 Å². The first kappa shape index (κ1) is 21.3. The minimum Gasteiger partial charge on any atom is -0.341 e. The Kier molecular flexibility index (Phi) is 6.82. The van der Waals surface area contributed by atoms with Gasteiger partial charge < -0.3 is 9.80 Å². The van der Waals surface area contributed by atoms with E-state index in [0.717, 1.165) is 28.8 Å². The van der Waals surface area contributed by atoms with E-state index in [2.05, 4.69) is 12.1 Å². The molecule has 1 aromatic heterocycles. The number of thiophene rings is 1. The van der Waals surface area contributed by atoms with E-state index in [9.17, 15) is 9.59 Å². The van der Waals surface area contributed by atoms with Crippen molar-refractivity contribution in [2.24, 2.45) is 5.92 Å². The van der Waals surface area contributed by atoms with Crippen LogP contribution in [-0.2, 0) is 22.6 Å². The number of nitrogens with zero attached hydrogens (tertiary/aromatic N) is 2. The van der Waals surface area contributed by atoms with Gasteiger partial charge in [-0.1, -0.05) is 66.7 Å². The molecule has 2 atom stereocenters. The highest BCUT2D eigenvalue weighted by Gasteiger charge is 2.36. The highest BCUT2D eigenvalue weighted by atomic mass is 32.1. The lowest BCUT2D eigenvalue weighted by Crippen LogP contribution is -2.47. The van der Waals surface area contributed by atoms with Gasteiger partial charge in [-0.3, -0.25) is 9.59 Å². The van der Waals surface area contributed by atoms with E-state index < -0.39 is 0 Å². The quantitative estimate of drug-likeness (QED) is 0.554. The van der Waals surface area contributed by atoms with Crippen LogP contribution in [0, 0.1) is 5.92 Å². The van der Waals surface area contributed by atoms with Crippen molar-refractivity contribution in [3.05, 3.63) is 94.2 Å². The molecule has 5 heteroatoms. The van der Waals surface area contributed by atoms with E-state index in [-0.39, 0.29) is 23.8 Å². The normalized spacial score (nSPS) is 18.5. The van der Waals surface area contributed by atoms with E-state index in [0.29, 0.717) is 19.5 Å². The zero-order valence-corrected chi connectivity index (χ0v) is 18.6. The van der Waals surface area contributed by atoms with Gasteiger partial charge in [-0.25, -0.2) is 0 Å². The summed E-state index contributed by atoms with van der Waals surface area (Å²) in [6, 6.07) is 24.2. The first-order valence-electron chi connectivity index (χ1n) is 10.8. The van der Waals surface area contributed by atoms with Crippen LogP contribution in [0.2, 0.25) is 0 Å². The molecule has 1 saturated heterocycles. The minimum atomic E-state index is -0.166. The molecule has 0 radical (unpaired) electrons. The van der Waals surface area contributed by atoms with Crippen LogP contribution in [0.15, 0.2) is 78.2 Å². The molecule has 0 unspecified atom stereocenters. The SMILES string of the molecule is CN(Cc1ccccc1)C(=O)[C@@H]1CC[C@@H](c2ccccc2)N(C(=O)Cc2cccs2)C1. The number of rotatable bonds is 6. The average molecular weight is 433 g/mol. The summed E-state index contributed by atoms with van der Waals surface area (Å²) in [5.74, 6) is 0.0461. The third-order valence-corrected chi connectivity index (χ3v) is 6.86. The van der Waals surface area contributed by atoms with Crippen LogP contribution in [-0.4, -0.2) is 35.2 Å². The monoisotopic (exact) mass is 432 g/mol. The molecule has 4 rings (SSSR count). The smallest absolute Gasteiger partial charge is 0.228 e. The summed E-state index contributed by atoms with van der Waals surface area (Å²) in [5.41, 5.74) is 2.26. The van der Waals surface area contributed by atoms with Gasteiger partial charge >= 0.3 is 0 Å². The topological polar surface area (TPSA) is 40.6 Å². The zero-order valence-electron chi connectivity index (χ0n) is 17.8. The molecule has 1 aliphatic heterocycles. The molecule has 31 heavy (non-hydrogen) atoms. The summed E-state index contributed by atoms with van der Waals surface area (Å²) in [6.07, 6.45) is 1.98. The van der Waals surface area contributed by atoms with Crippen molar-refractivity contribution in [3.63, 3.8) is 0 Å². The van der Waals surface area contributed by atoms with E-state index >= 15 is 0 Å². The lowest BCUT2D eigenvalue weighted by molar-refractivity contribution is -0.142. The van der Waals surface area contributed by atoms with Gasteiger partial charge in [0.25, 0.3) is 0 Å². The van der Waals surface area contributed by atoms with Crippen LogP contribution in [0.25, 0.3) is 0 Å². The van der Waals surface area contributed by atoms with Crippen molar-refractivity contribution in [2.45, 2.75) is 31.8 Å². The summed E-state index contributed by atoms with van der Waals surface area (Å²) >= 11 is 1.60. The van der Waals surface area contributed by atoms with Crippen molar-refractivity contribution in [1.29, 1.82) is 0 Å². The maximum absolute atomic E-state index is 13.3. The summed E-state index contributed by atoms with van der Waals surface area (Å²) in [7, 11) is 1.86. The summed E-state index contributed by atoms with van der Waals surface area (Å²) in [6.45, 7) is 1.06. The Hall–Kier alpha value is -2.92. The third kappa shape index (κ3) is 5.23. The first-order valence-corrected chi connectivity index (χ1v) is 11.7. The maximum Gasteiger partial charge on any atom is 0.228 e. The Labute approximate surface area is 188 Å². The molecule has 3 aromatic rings. The fourth-order valence-electron chi connectivity index (χ4n) is 4.38. The van der Waals surface area contributed by atoms with Crippen LogP contribution in [0.1, 0.15) is 34.9 Å². The van der Waals surface area contributed by atoms with E-state index in [1.807, 2.05) is 78.0 Å². The second kappa shape index (κ2) is 9.92. The van der Waals surface area contributed by atoms with Crippen LogP contribution < -0.4 is 0 Å². The molecule has 2 aromatic carbocycles. The lowest BCUT2D eigenvalue weighted by atomic mass is 9.87. The highest BCUT2D eigenvalue weighted by molar-refractivity contribution is 7.10. The van der Waals surface area contributed by atoms with E-state index in [1.165, 1.54) is 0 Å².